The lowest BCUT2D eigenvalue weighted by molar-refractivity contribution is 0.0923. The Morgan fingerprint density at radius 3 is 3.22 bits per heavy atom. The predicted molar refractivity (Wildman–Crippen MR) is 71.7 cm³/mol. The second-order valence-corrected chi connectivity index (χ2v) is 4.78. The van der Waals surface area contributed by atoms with Crippen LogP contribution in [-0.2, 0) is 4.74 Å². The molecule has 1 aliphatic heterocycles. The molecule has 0 saturated carbocycles. The number of hydrogen-bond donors (Lipinski definition) is 1. The maximum Gasteiger partial charge on any atom is 0.270 e. The van der Waals surface area contributed by atoms with Crippen LogP contribution in [0.1, 0.15) is 50.1 Å². The highest BCUT2D eigenvalue weighted by Crippen LogP contribution is 2.21. The van der Waals surface area contributed by atoms with Crippen molar-refractivity contribution in [2.45, 2.75) is 38.6 Å². The van der Waals surface area contributed by atoms with Crippen molar-refractivity contribution in [2.24, 2.45) is 0 Å². The van der Waals surface area contributed by atoms with Crippen molar-refractivity contribution in [3.05, 3.63) is 29.6 Å². The van der Waals surface area contributed by atoms with E-state index in [0.29, 0.717) is 18.2 Å². The van der Waals surface area contributed by atoms with Crippen molar-refractivity contribution in [3.8, 4) is 0 Å². The quantitative estimate of drug-likeness (QED) is 0.892. The molecule has 4 nitrogen and oxygen atoms in total. The van der Waals surface area contributed by atoms with Crippen molar-refractivity contribution in [1.82, 2.24) is 10.3 Å². The van der Waals surface area contributed by atoms with Gasteiger partial charge in [-0.15, -0.1) is 0 Å². The summed E-state index contributed by atoms with van der Waals surface area (Å²) in [6.45, 7) is 5.57. The van der Waals surface area contributed by atoms with Crippen LogP contribution < -0.4 is 5.32 Å². The number of carbonyl (C=O) groups excluding carboxylic acids is 1. The standard InChI is InChI=1S/C14H20N2O2.H2/c1-3-10(2)12-5-4-7-15-13(12)14(17)16-11-6-8-18-9-11;/h4-5,7,10-11H,3,6,8-9H2,1-2H3,(H,16,17);1H/t10?,11-;/m0./s1. The zero-order chi connectivity index (χ0) is 13.0. The summed E-state index contributed by atoms with van der Waals surface area (Å²) in [5.41, 5.74) is 1.58. The van der Waals surface area contributed by atoms with Gasteiger partial charge in [0.2, 0.25) is 0 Å². The largest absolute Gasteiger partial charge is 0.379 e. The molecule has 0 aromatic carbocycles. The van der Waals surface area contributed by atoms with Crippen LogP contribution in [-0.4, -0.2) is 30.1 Å². The zero-order valence-corrected chi connectivity index (χ0v) is 11.0. The number of ether oxygens (including phenoxy) is 1. The van der Waals surface area contributed by atoms with Gasteiger partial charge in [-0.1, -0.05) is 19.9 Å². The van der Waals surface area contributed by atoms with Crippen LogP contribution in [0.15, 0.2) is 18.3 Å². The van der Waals surface area contributed by atoms with E-state index in [2.05, 4.69) is 24.1 Å². The molecule has 2 heterocycles. The molecular weight excluding hydrogens is 228 g/mol. The van der Waals surface area contributed by atoms with Crippen LogP contribution in [0.25, 0.3) is 0 Å². The molecular formula is C14H22N2O2. The van der Waals surface area contributed by atoms with Gasteiger partial charge in [0.15, 0.2) is 0 Å². The molecule has 1 aliphatic rings. The van der Waals surface area contributed by atoms with Crippen LogP contribution in [0.3, 0.4) is 0 Å². The SMILES string of the molecule is CCC(C)c1cccnc1C(=O)N[C@H]1CCOC1.[HH]. The van der Waals surface area contributed by atoms with E-state index in [-0.39, 0.29) is 13.4 Å². The van der Waals surface area contributed by atoms with Crippen LogP contribution in [0.2, 0.25) is 0 Å². The molecule has 4 heteroatoms. The Labute approximate surface area is 109 Å². The molecule has 2 atom stereocenters. The second-order valence-electron chi connectivity index (χ2n) is 4.78. The highest BCUT2D eigenvalue weighted by molar-refractivity contribution is 5.94. The summed E-state index contributed by atoms with van der Waals surface area (Å²) in [6, 6.07) is 4.00. The topological polar surface area (TPSA) is 51.2 Å². The monoisotopic (exact) mass is 250 g/mol. The fourth-order valence-electron chi connectivity index (χ4n) is 2.13. The summed E-state index contributed by atoms with van der Waals surface area (Å²) in [5, 5.41) is 2.99. The second kappa shape index (κ2) is 5.96. The molecule has 1 saturated heterocycles. The Bertz CT molecular complexity index is 420. The lowest BCUT2D eigenvalue weighted by Gasteiger charge is -2.15. The number of nitrogens with zero attached hydrogens (tertiary/aromatic N) is 1. The molecule has 1 aromatic rings. The van der Waals surface area contributed by atoms with Gasteiger partial charge in [0.1, 0.15) is 5.69 Å². The van der Waals surface area contributed by atoms with Crippen LogP contribution in [0.4, 0.5) is 0 Å². The summed E-state index contributed by atoms with van der Waals surface area (Å²) in [7, 11) is 0. The molecule has 1 amide bonds. The molecule has 0 bridgehead atoms. The molecule has 0 aliphatic carbocycles. The molecule has 1 unspecified atom stereocenters. The molecule has 0 radical (unpaired) electrons. The van der Waals surface area contributed by atoms with E-state index in [1.165, 1.54) is 0 Å². The average Bonchev–Trinajstić information content (AvgIpc) is 2.90. The van der Waals surface area contributed by atoms with Crippen LogP contribution >= 0.6 is 0 Å². The highest BCUT2D eigenvalue weighted by atomic mass is 16.5. The number of pyridine rings is 1. The van der Waals surface area contributed by atoms with Crippen molar-refractivity contribution < 1.29 is 11.0 Å². The summed E-state index contributed by atoms with van der Waals surface area (Å²) in [4.78, 5) is 16.4. The first-order valence-corrected chi connectivity index (χ1v) is 6.56. The van der Waals surface area contributed by atoms with Gasteiger partial charge in [0, 0.05) is 14.2 Å². The van der Waals surface area contributed by atoms with E-state index in [1.54, 1.807) is 6.20 Å². The average molecular weight is 250 g/mol. The fraction of sp³-hybridized carbons (Fsp3) is 0.571. The van der Waals surface area contributed by atoms with E-state index in [1.807, 2.05) is 12.1 Å². The van der Waals surface area contributed by atoms with E-state index >= 15 is 0 Å². The van der Waals surface area contributed by atoms with Crippen LogP contribution in [0, 0.1) is 0 Å². The molecule has 1 N–H and O–H groups in total. The fourth-order valence-corrected chi connectivity index (χ4v) is 2.13. The van der Waals surface area contributed by atoms with Crippen LogP contribution in [0.5, 0.6) is 0 Å². The molecule has 1 fully saturated rings. The van der Waals surface area contributed by atoms with Crippen molar-refractivity contribution in [1.29, 1.82) is 0 Å². The van der Waals surface area contributed by atoms with Crippen molar-refractivity contribution in [3.63, 3.8) is 0 Å². The van der Waals surface area contributed by atoms with E-state index in [0.717, 1.165) is 25.0 Å². The predicted octanol–water partition coefficient (Wildman–Crippen LogP) is 2.36. The normalized spacial score (nSPS) is 20.7. The first-order valence-electron chi connectivity index (χ1n) is 6.56. The number of rotatable bonds is 4. The third-order valence-corrected chi connectivity index (χ3v) is 3.46. The first-order chi connectivity index (χ1) is 8.72. The van der Waals surface area contributed by atoms with Gasteiger partial charge in [0.05, 0.1) is 12.6 Å². The van der Waals surface area contributed by atoms with Gasteiger partial charge in [-0.25, -0.2) is 0 Å². The Hall–Kier alpha value is -1.42. The number of aromatic nitrogens is 1. The lowest BCUT2D eigenvalue weighted by Crippen LogP contribution is -2.36. The van der Waals surface area contributed by atoms with E-state index < -0.39 is 0 Å². The summed E-state index contributed by atoms with van der Waals surface area (Å²) in [5.74, 6) is 0.265. The molecule has 18 heavy (non-hydrogen) atoms. The Morgan fingerprint density at radius 2 is 2.56 bits per heavy atom. The Balaban J connectivity index is 0.00000180. The van der Waals surface area contributed by atoms with Gasteiger partial charge < -0.3 is 10.1 Å². The van der Waals surface area contributed by atoms with Crippen molar-refractivity contribution in [2.75, 3.05) is 13.2 Å². The van der Waals surface area contributed by atoms with Gasteiger partial charge >= 0.3 is 0 Å². The van der Waals surface area contributed by atoms with E-state index in [9.17, 15) is 4.79 Å². The number of carbonyl (C=O) groups is 1. The van der Waals surface area contributed by atoms with E-state index in [4.69, 9.17) is 4.74 Å². The summed E-state index contributed by atoms with van der Waals surface area (Å²) in [6.07, 6.45) is 3.56. The maximum atomic E-state index is 12.2. The van der Waals surface area contributed by atoms with Gasteiger partial charge in [0.25, 0.3) is 5.91 Å². The van der Waals surface area contributed by atoms with Gasteiger partial charge in [-0.3, -0.25) is 9.78 Å². The third kappa shape index (κ3) is 2.88. The first kappa shape index (κ1) is 13.0. The molecule has 2 rings (SSSR count). The number of amides is 1. The Morgan fingerprint density at radius 1 is 1.72 bits per heavy atom. The van der Waals surface area contributed by atoms with Gasteiger partial charge in [-0.2, -0.15) is 0 Å². The third-order valence-electron chi connectivity index (χ3n) is 3.46. The minimum absolute atomic E-state index is 0. The summed E-state index contributed by atoms with van der Waals surface area (Å²) >= 11 is 0. The Kier molecular flexibility index (Phi) is 4.31. The minimum atomic E-state index is -0.0820. The molecule has 0 spiro atoms. The maximum absolute atomic E-state index is 12.2. The summed E-state index contributed by atoms with van der Waals surface area (Å²) < 4.78 is 5.26. The van der Waals surface area contributed by atoms with Gasteiger partial charge in [-0.05, 0) is 30.4 Å². The highest BCUT2D eigenvalue weighted by Gasteiger charge is 2.22. The number of nitrogens with one attached hydrogen (secondary N) is 1. The number of hydrogen-bond acceptors (Lipinski definition) is 3. The molecule has 1 aromatic heterocycles. The zero-order valence-electron chi connectivity index (χ0n) is 11.0. The smallest absolute Gasteiger partial charge is 0.270 e. The molecule has 100 valence electrons. The lowest BCUT2D eigenvalue weighted by atomic mass is 9.96. The minimum Gasteiger partial charge on any atom is -0.379 e. The van der Waals surface area contributed by atoms with Crippen molar-refractivity contribution >= 4 is 5.91 Å².